The molecular formula is C29H37N3O10. The number of carbonyl (C=O) groups is 5. The fraction of sp³-hybridized carbons (Fsp3) is 0.552. The number of piperidine rings is 1. The van der Waals surface area contributed by atoms with E-state index in [0.717, 1.165) is 4.90 Å². The SMILES string of the molecule is CC(C)(C)OC(=O)NCCOCCOCCOCCOCC#Cc1ccc2c(c1)C(=O)N(C1CCC(=O)NC1=O)C2=O. The Kier molecular flexibility index (Phi) is 12.4. The van der Waals surface area contributed by atoms with Crippen molar-refractivity contribution in [1.29, 1.82) is 0 Å². The van der Waals surface area contributed by atoms with Crippen LogP contribution in [-0.4, -0.2) is 106 Å². The highest BCUT2D eigenvalue weighted by atomic mass is 16.6. The van der Waals surface area contributed by atoms with E-state index in [9.17, 15) is 24.0 Å². The van der Waals surface area contributed by atoms with Gasteiger partial charge in [0.1, 0.15) is 18.2 Å². The number of fused-ring (bicyclic) bond motifs is 1. The molecule has 3 rings (SSSR count). The van der Waals surface area contributed by atoms with Crippen LogP contribution in [0.25, 0.3) is 0 Å². The molecule has 2 heterocycles. The zero-order chi connectivity index (χ0) is 30.5. The lowest BCUT2D eigenvalue weighted by atomic mass is 10.0. The number of benzene rings is 1. The summed E-state index contributed by atoms with van der Waals surface area (Å²) in [6.07, 6.45) is -0.315. The molecule has 0 spiro atoms. The third kappa shape index (κ3) is 10.2. The highest BCUT2D eigenvalue weighted by molar-refractivity contribution is 6.23. The first-order valence-electron chi connectivity index (χ1n) is 13.7. The van der Waals surface area contributed by atoms with E-state index >= 15 is 0 Å². The average Bonchev–Trinajstić information content (AvgIpc) is 3.16. The van der Waals surface area contributed by atoms with E-state index in [2.05, 4.69) is 22.5 Å². The van der Waals surface area contributed by atoms with E-state index in [0.29, 0.717) is 58.4 Å². The second-order valence-corrected chi connectivity index (χ2v) is 10.3. The standard InChI is InChI=1S/C29H37N3O10/c1-29(2,3)42-28(37)30-10-12-39-14-16-41-18-17-40-15-13-38-11-4-5-20-6-7-21-22(19-20)27(36)32(26(21)35)23-8-9-24(33)31-25(23)34/h6-7,19,23H,8-18H2,1-3H3,(H,30,37)(H,31,33,34). The van der Waals surface area contributed by atoms with Gasteiger partial charge in [-0.25, -0.2) is 4.79 Å². The zero-order valence-corrected chi connectivity index (χ0v) is 24.1. The van der Waals surface area contributed by atoms with Gasteiger partial charge in [0.15, 0.2) is 0 Å². The summed E-state index contributed by atoms with van der Waals surface area (Å²) in [6, 6.07) is 3.65. The lowest BCUT2D eigenvalue weighted by molar-refractivity contribution is -0.136. The molecule has 228 valence electrons. The Hall–Kier alpha value is -3.83. The molecule has 0 saturated carbocycles. The van der Waals surface area contributed by atoms with Crippen LogP contribution in [0.5, 0.6) is 0 Å². The number of alkyl carbamates (subject to hydrolysis) is 1. The van der Waals surface area contributed by atoms with Crippen LogP contribution in [0.3, 0.4) is 0 Å². The minimum absolute atomic E-state index is 0.0635. The van der Waals surface area contributed by atoms with Gasteiger partial charge in [-0.05, 0) is 45.4 Å². The predicted octanol–water partition coefficient (Wildman–Crippen LogP) is 1.03. The molecule has 0 aromatic heterocycles. The molecule has 5 amide bonds. The molecule has 1 aromatic carbocycles. The fourth-order valence-corrected chi connectivity index (χ4v) is 4.01. The summed E-state index contributed by atoms with van der Waals surface area (Å²) in [5.41, 5.74) is 0.370. The highest BCUT2D eigenvalue weighted by Gasteiger charge is 2.44. The summed E-state index contributed by atoms with van der Waals surface area (Å²) in [5.74, 6) is 3.54. The largest absolute Gasteiger partial charge is 0.444 e. The molecule has 0 radical (unpaired) electrons. The van der Waals surface area contributed by atoms with E-state index in [1.54, 1.807) is 26.8 Å². The fourth-order valence-electron chi connectivity index (χ4n) is 4.01. The van der Waals surface area contributed by atoms with Crippen molar-refractivity contribution >= 4 is 29.7 Å². The topological polar surface area (TPSA) is 159 Å². The number of nitrogens with one attached hydrogen (secondary N) is 2. The minimum atomic E-state index is -1.01. The van der Waals surface area contributed by atoms with Gasteiger partial charge in [0.05, 0.1) is 57.4 Å². The Labute approximate surface area is 244 Å². The van der Waals surface area contributed by atoms with Crippen LogP contribution in [-0.2, 0) is 33.3 Å². The molecule has 1 atom stereocenters. The van der Waals surface area contributed by atoms with E-state index in [4.69, 9.17) is 23.7 Å². The number of hydrogen-bond acceptors (Lipinski definition) is 10. The maximum Gasteiger partial charge on any atom is 0.407 e. The van der Waals surface area contributed by atoms with Crippen molar-refractivity contribution in [2.75, 3.05) is 59.4 Å². The third-order valence-corrected chi connectivity index (χ3v) is 5.88. The van der Waals surface area contributed by atoms with Crippen molar-refractivity contribution in [2.45, 2.75) is 45.3 Å². The predicted molar refractivity (Wildman–Crippen MR) is 148 cm³/mol. The maximum absolute atomic E-state index is 12.9. The van der Waals surface area contributed by atoms with Crippen LogP contribution in [0.1, 0.15) is 59.9 Å². The van der Waals surface area contributed by atoms with Crippen LogP contribution < -0.4 is 10.6 Å². The molecule has 13 nitrogen and oxygen atoms in total. The first kappa shape index (κ1) is 32.7. The van der Waals surface area contributed by atoms with Gasteiger partial charge in [-0.3, -0.25) is 29.4 Å². The van der Waals surface area contributed by atoms with E-state index in [1.807, 2.05) is 0 Å². The molecule has 1 aromatic rings. The summed E-state index contributed by atoms with van der Waals surface area (Å²) in [7, 11) is 0. The van der Waals surface area contributed by atoms with E-state index in [1.165, 1.54) is 12.1 Å². The number of imide groups is 2. The summed E-state index contributed by atoms with van der Waals surface area (Å²) in [5, 5.41) is 4.78. The van der Waals surface area contributed by atoms with Gasteiger partial charge in [-0.15, -0.1) is 0 Å². The van der Waals surface area contributed by atoms with Crippen LogP contribution in [0.4, 0.5) is 4.79 Å². The van der Waals surface area contributed by atoms with Crippen LogP contribution in [0.2, 0.25) is 0 Å². The maximum atomic E-state index is 12.9. The van der Waals surface area contributed by atoms with E-state index < -0.39 is 41.4 Å². The van der Waals surface area contributed by atoms with Gasteiger partial charge in [-0.1, -0.05) is 11.8 Å². The lowest BCUT2D eigenvalue weighted by Gasteiger charge is -2.27. The van der Waals surface area contributed by atoms with Crippen molar-refractivity contribution in [3.05, 3.63) is 34.9 Å². The van der Waals surface area contributed by atoms with Gasteiger partial charge in [-0.2, -0.15) is 0 Å². The first-order valence-corrected chi connectivity index (χ1v) is 13.7. The number of hydrogen-bond donors (Lipinski definition) is 2. The molecular weight excluding hydrogens is 550 g/mol. The molecule has 1 unspecified atom stereocenters. The minimum Gasteiger partial charge on any atom is -0.444 e. The van der Waals surface area contributed by atoms with Crippen LogP contribution in [0, 0.1) is 11.8 Å². The molecule has 2 N–H and O–H groups in total. The van der Waals surface area contributed by atoms with Gasteiger partial charge in [0.25, 0.3) is 11.8 Å². The Morgan fingerprint density at radius 1 is 0.929 bits per heavy atom. The monoisotopic (exact) mass is 587 g/mol. The Morgan fingerprint density at radius 3 is 2.19 bits per heavy atom. The van der Waals surface area contributed by atoms with Gasteiger partial charge < -0.3 is 29.0 Å². The molecule has 1 saturated heterocycles. The Balaban J connectivity index is 1.22. The summed E-state index contributed by atoms with van der Waals surface area (Å²) in [6.45, 7) is 8.53. The second-order valence-electron chi connectivity index (χ2n) is 10.3. The zero-order valence-electron chi connectivity index (χ0n) is 24.1. The Morgan fingerprint density at radius 2 is 1.55 bits per heavy atom. The number of nitrogens with zero attached hydrogens (tertiary/aromatic N) is 1. The van der Waals surface area contributed by atoms with Gasteiger partial charge in [0.2, 0.25) is 11.8 Å². The van der Waals surface area contributed by atoms with Crippen molar-refractivity contribution in [2.24, 2.45) is 0 Å². The third-order valence-electron chi connectivity index (χ3n) is 5.88. The molecule has 0 aliphatic carbocycles. The number of rotatable bonds is 14. The van der Waals surface area contributed by atoms with Crippen LogP contribution in [0.15, 0.2) is 18.2 Å². The first-order chi connectivity index (χ1) is 20.1. The van der Waals surface area contributed by atoms with Crippen molar-refractivity contribution in [3.63, 3.8) is 0 Å². The number of amides is 5. The summed E-state index contributed by atoms with van der Waals surface area (Å²) < 4.78 is 26.8. The quantitative estimate of drug-likeness (QED) is 0.183. The molecule has 1 fully saturated rings. The number of ether oxygens (including phenoxy) is 5. The summed E-state index contributed by atoms with van der Waals surface area (Å²) in [4.78, 5) is 61.6. The van der Waals surface area contributed by atoms with Crippen molar-refractivity contribution in [1.82, 2.24) is 15.5 Å². The molecule has 13 heteroatoms. The normalized spacial score (nSPS) is 16.5. The number of carbonyl (C=O) groups excluding carboxylic acids is 5. The summed E-state index contributed by atoms with van der Waals surface area (Å²) >= 11 is 0. The van der Waals surface area contributed by atoms with Crippen molar-refractivity contribution in [3.8, 4) is 11.8 Å². The van der Waals surface area contributed by atoms with Gasteiger partial charge in [0, 0.05) is 18.5 Å². The van der Waals surface area contributed by atoms with Crippen LogP contribution >= 0.6 is 0 Å². The van der Waals surface area contributed by atoms with E-state index in [-0.39, 0.29) is 30.6 Å². The average molecular weight is 588 g/mol. The molecule has 0 bridgehead atoms. The lowest BCUT2D eigenvalue weighted by Crippen LogP contribution is -2.54. The van der Waals surface area contributed by atoms with Gasteiger partial charge >= 0.3 is 6.09 Å². The second kappa shape index (κ2) is 16.0. The Bertz CT molecular complexity index is 1210. The highest BCUT2D eigenvalue weighted by Crippen LogP contribution is 2.28. The molecule has 2 aliphatic heterocycles. The van der Waals surface area contributed by atoms with Crippen molar-refractivity contribution < 1.29 is 47.7 Å². The molecule has 42 heavy (non-hydrogen) atoms. The smallest absolute Gasteiger partial charge is 0.407 e. The molecule has 2 aliphatic rings.